The molecule has 0 heterocycles. The number of likely N-dealkylation sites (N-methyl/N-ethyl adjacent to an activating group) is 1. The molecule has 0 amide bonds. The lowest BCUT2D eigenvalue weighted by molar-refractivity contribution is 0.0146. The number of hydrogen-bond donors (Lipinski definition) is 1. The molecule has 1 aromatic rings. The Morgan fingerprint density at radius 2 is 2.06 bits per heavy atom. The van der Waals surface area contributed by atoms with Crippen molar-refractivity contribution in [2.24, 2.45) is 0 Å². The van der Waals surface area contributed by atoms with Crippen molar-refractivity contribution < 1.29 is 13.5 Å². The first kappa shape index (κ1) is 15.3. The molecule has 0 aliphatic carbocycles. The Morgan fingerprint density at radius 1 is 1.33 bits per heavy atom. The highest BCUT2D eigenvalue weighted by Gasteiger charge is 2.10. The van der Waals surface area contributed by atoms with Crippen LogP contribution in [-0.4, -0.2) is 32.7 Å². The fourth-order valence-corrected chi connectivity index (χ4v) is 1.89. The average Bonchev–Trinajstić information content (AvgIpc) is 2.35. The molecule has 1 atom stereocenters. The maximum absolute atomic E-state index is 11.9. The third-order valence-electron chi connectivity index (χ3n) is 2.69. The first-order valence-corrected chi connectivity index (χ1v) is 6.28. The molecule has 0 spiro atoms. The lowest BCUT2D eigenvalue weighted by Crippen LogP contribution is -2.29. The van der Waals surface area contributed by atoms with Crippen LogP contribution in [0.2, 0.25) is 5.02 Å². The molecule has 1 rings (SSSR count). The zero-order chi connectivity index (χ0) is 13.4. The molecule has 0 aliphatic rings. The number of nitrogens with one attached hydrogen (secondary N) is 1. The summed E-state index contributed by atoms with van der Waals surface area (Å²) in [6, 6.07) is 7.79. The maximum atomic E-state index is 11.9. The zero-order valence-electron chi connectivity index (χ0n) is 10.3. The van der Waals surface area contributed by atoms with E-state index in [9.17, 15) is 8.78 Å². The highest BCUT2D eigenvalue weighted by atomic mass is 35.5. The Labute approximate surface area is 111 Å². The van der Waals surface area contributed by atoms with Crippen LogP contribution in [0, 0.1) is 0 Å². The fraction of sp³-hybridized carbons (Fsp3) is 0.538. The van der Waals surface area contributed by atoms with Crippen LogP contribution in [0.4, 0.5) is 8.78 Å². The summed E-state index contributed by atoms with van der Waals surface area (Å²) in [5.41, 5.74) is 1.05. The fourth-order valence-electron chi connectivity index (χ4n) is 1.68. The van der Waals surface area contributed by atoms with E-state index in [1.165, 1.54) is 0 Å². The van der Waals surface area contributed by atoms with Crippen LogP contribution in [0.15, 0.2) is 24.3 Å². The van der Waals surface area contributed by atoms with Crippen molar-refractivity contribution in [3.8, 4) is 0 Å². The van der Waals surface area contributed by atoms with Crippen molar-refractivity contribution in [2.75, 3.05) is 20.3 Å². The Hall–Kier alpha value is -0.710. The van der Waals surface area contributed by atoms with Gasteiger partial charge in [0.05, 0.1) is 0 Å². The van der Waals surface area contributed by atoms with Gasteiger partial charge in [0.2, 0.25) is 0 Å². The summed E-state index contributed by atoms with van der Waals surface area (Å²) < 4.78 is 28.6. The van der Waals surface area contributed by atoms with Crippen molar-refractivity contribution >= 4 is 11.6 Å². The number of rotatable bonds is 8. The quantitative estimate of drug-likeness (QED) is 0.737. The second-order valence-electron chi connectivity index (χ2n) is 4.04. The lowest BCUT2D eigenvalue weighted by atomic mass is 10.0. The largest absolute Gasteiger partial charge is 0.375 e. The molecular weight excluding hydrogens is 260 g/mol. The van der Waals surface area contributed by atoms with Crippen LogP contribution in [0.25, 0.3) is 0 Å². The number of benzene rings is 1. The normalized spacial score (nSPS) is 12.9. The molecule has 0 saturated heterocycles. The summed E-state index contributed by atoms with van der Waals surface area (Å²) in [5.74, 6) is 0. The van der Waals surface area contributed by atoms with Crippen LogP contribution < -0.4 is 5.32 Å². The van der Waals surface area contributed by atoms with Gasteiger partial charge in [-0.2, -0.15) is 0 Å². The first-order valence-electron chi connectivity index (χ1n) is 5.90. The van der Waals surface area contributed by atoms with Crippen LogP contribution in [-0.2, 0) is 11.2 Å². The molecule has 5 heteroatoms. The number of halogens is 3. The minimum atomic E-state index is -2.40. The Bertz CT molecular complexity index is 350. The molecule has 0 radical (unpaired) electrons. The van der Waals surface area contributed by atoms with Crippen molar-refractivity contribution in [3.05, 3.63) is 34.9 Å². The summed E-state index contributed by atoms with van der Waals surface area (Å²) >= 11 is 6.07. The molecule has 0 bridgehead atoms. The lowest BCUT2D eigenvalue weighted by Gasteiger charge is -2.17. The topological polar surface area (TPSA) is 21.3 Å². The van der Waals surface area contributed by atoms with Crippen molar-refractivity contribution in [2.45, 2.75) is 25.3 Å². The highest BCUT2D eigenvalue weighted by molar-refractivity contribution is 6.31. The van der Waals surface area contributed by atoms with E-state index in [1.54, 1.807) is 0 Å². The Kier molecular flexibility index (Phi) is 7.16. The molecule has 1 aromatic carbocycles. The average molecular weight is 278 g/mol. The summed E-state index contributed by atoms with van der Waals surface area (Å²) in [6.07, 6.45) is -0.968. The van der Waals surface area contributed by atoms with E-state index in [0.717, 1.165) is 17.0 Å². The molecular formula is C13H18ClF2NO. The summed E-state index contributed by atoms with van der Waals surface area (Å²) in [5, 5.41) is 3.87. The molecule has 2 nitrogen and oxygen atoms in total. The minimum Gasteiger partial charge on any atom is -0.375 e. The molecule has 18 heavy (non-hydrogen) atoms. The zero-order valence-corrected chi connectivity index (χ0v) is 11.1. The SMILES string of the molecule is CNC(CCOCC(F)F)Cc1ccccc1Cl. The molecule has 1 unspecified atom stereocenters. The van der Waals surface area contributed by atoms with Crippen molar-refractivity contribution in [1.82, 2.24) is 5.32 Å². The van der Waals surface area contributed by atoms with Gasteiger partial charge in [0.25, 0.3) is 6.43 Å². The van der Waals surface area contributed by atoms with E-state index in [0.29, 0.717) is 13.0 Å². The summed E-state index contributed by atoms with van der Waals surface area (Å²) in [7, 11) is 1.84. The van der Waals surface area contributed by atoms with E-state index in [4.69, 9.17) is 16.3 Å². The second-order valence-corrected chi connectivity index (χ2v) is 4.44. The van der Waals surface area contributed by atoms with E-state index in [1.807, 2.05) is 31.3 Å². The predicted molar refractivity (Wildman–Crippen MR) is 69.4 cm³/mol. The number of ether oxygens (including phenoxy) is 1. The van der Waals surface area contributed by atoms with Gasteiger partial charge in [0, 0.05) is 17.7 Å². The summed E-state index contributed by atoms with van der Waals surface area (Å²) in [6.45, 7) is -0.178. The van der Waals surface area contributed by atoms with Crippen LogP contribution in [0.1, 0.15) is 12.0 Å². The predicted octanol–water partition coefficient (Wildman–Crippen LogP) is 3.14. The third kappa shape index (κ3) is 5.76. The minimum absolute atomic E-state index is 0.169. The van der Waals surface area contributed by atoms with Gasteiger partial charge in [-0.3, -0.25) is 0 Å². The Balaban J connectivity index is 2.36. The maximum Gasteiger partial charge on any atom is 0.261 e. The van der Waals surface area contributed by atoms with E-state index in [-0.39, 0.29) is 6.04 Å². The summed E-state index contributed by atoms with van der Waals surface area (Å²) in [4.78, 5) is 0. The standard InChI is InChI=1S/C13H18ClF2NO/c1-17-11(6-7-18-9-13(15)16)8-10-4-2-3-5-12(10)14/h2-5,11,13,17H,6-9H2,1H3. The van der Waals surface area contributed by atoms with Crippen LogP contribution >= 0.6 is 11.6 Å². The van der Waals surface area contributed by atoms with Gasteiger partial charge in [-0.25, -0.2) is 8.78 Å². The molecule has 0 aromatic heterocycles. The van der Waals surface area contributed by atoms with Gasteiger partial charge in [0.15, 0.2) is 0 Å². The molecule has 0 saturated carbocycles. The molecule has 102 valence electrons. The second kappa shape index (κ2) is 8.40. The van der Waals surface area contributed by atoms with Gasteiger partial charge >= 0.3 is 0 Å². The third-order valence-corrected chi connectivity index (χ3v) is 3.06. The monoisotopic (exact) mass is 277 g/mol. The highest BCUT2D eigenvalue weighted by Crippen LogP contribution is 2.17. The molecule has 0 aliphatic heterocycles. The van der Waals surface area contributed by atoms with E-state index in [2.05, 4.69) is 5.32 Å². The smallest absolute Gasteiger partial charge is 0.261 e. The Morgan fingerprint density at radius 3 is 2.67 bits per heavy atom. The van der Waals surface area contributed by atoms with Gasteiger partial charge in [-0.15, -0.1) is 0 Å². The molecule has 1 N–H and O–H groups in total. The number of alkyl halides is 2. The van der Waals surface area contributed by atoms with E-state index < -0.39 is 13.0 Å². The van der Waals surface area contributed by atoms with Gasteiger partial charge < -0.3 is 10.1 Å². The van der Waals surface area contributed by atoms with Crippen molar-refractivity contribution in [1.29, 1.82) is 0 Å². The van der Waals surface area contributed by atoms with Gasteiger partial charge in [0.1, 0.15) is 6.61 Å². The van der Waals surface area contributed by atoms with Gasteiger partial charge in [-0.1, -0.05) is 29.8 Å². The van der Waals surface area contributed by atoms with Crippen LogP contribution in [0.3, 0.4) is 0 Å². The molecule has 0 fully saturated rings. The van der Waals surface area contributed by atoms with E-state index >= 15 is 0 Å². The number of hydrogen-bond acceptors (Lipinski definition) is 2. The van der Waals surface area contributed by atoms with Gasteiger partial charge in [-0.05, 0) is 31.5 Å². The first-order chi connectivity index (χ1) is 8.63. The van der Waals surface area contributed by atoms with Crippen molar-refractivity contribution in [3.63, 3.8) is 0 Å². The van der Waals surface area contributed by atoms with Crippen LogP contribution in [0.5, 0.6) is 0 Å².